The number of unbranched alkanes of at least 4 members (excludes halogenated alkanes) is 2. The number of allylic oxidation sites excluding steroid dienone is 8. The van der Waals surface area contributed by atoms with Crippen molar-refractivity contribution in [1.82, 2.24) is 0 Å². The van der Waals surface area contributed by atoms with Gasteiger partial charge < -0.3 is 66.8 Å². The minimum absolute atomic E-state index is 0.0223. The summed E-state index contributed by atoms with van der Waals surface area (Å²) in [6.45, 7) is 12.9. The molecule has 2 aromatic rings. The number of aliphatic carboxylic acids is 1. The molecule has 0 aromatic heterocycles. The minimum Gasteiger partial charge on any atom is -0.481 e. The van der Waals surface area contributed by atoms with Gasteiger partial charge in [0.1, 0.15) is 6.54 Å². The van der Waals surface area contributed by atoms with Gasteiger partial charge in [-0.2, -0.15) is 29.8 Å². The Morgan fingerprint density at radius 1 is 0.511 bits per heavy atom. The predicted molar refractivity (Wildman–Crippen MR) is 328 cm³/mol. The highest BCUT2D eigenvalue weighted by Crippen LogP contribution is 2.51. The fourth-order valence-corrected chi connectivity index (χ4v) is 11.3. The van der Waals surface area contributed by atoms with Crippen molar-refractivity contribution in [3.8, 4) is 0 Å². The topological polar surface area (TPSA) is 317 Å². The number of ether oxygens (including phenoxy) is 12. The lowest BCUT2D eigenvalue weighted by molar-refractivity contribution is -0.437. The minimum atomic E-state index is -4.63. The lowest BCUT2D eigenvalue weighted by Crippen LogP contribution is -2.33. The Balaban J connectivity index is 1.50. The smallest absolute Gasteiger partial charge is 0.303 e. The zero-order valence-corrected chi connectivity index (χ0v) is 53.7. The second-order valence-corrected chi connectivity index (χ2v) is 25.2. The van der Waals surface area contributed by atoms with E-state index in [0.717, 1.165) is 11.4 Å². The first kappa shape index (κ1) is 76.0. The molecule has 2 aromatic carbocycles. The zero-order chi connectivity index (χ0) is 64.2. The van der Waals surface area contributed by atoms with Gasteiger partial charge in [0.25, 0.3) is 30.4 Å². The first-order valence-corrected chi connectivity index (χ1v) is 34.0. The van der Waals surface area contributed by atoms with Crippen LogP contribution in [0.1, 0.15) is 69.9 Å². The SMILES string of the molecule is COCCOCCOCCOCCOCCOCCC1(C)C(=CC=CC=CC=CC2=[N+](CCCS(=O)(=O)O)c3ccc(S(=O)(=O)O)cc3C2(C)CCOCCOCCOCCOCCOCCOC)N(CCCCCC(=O)O)c2ccc(S(=O)(=O)O)cc21. The van der Waals surface area contributed by atoms with Crippen LogP contribution in [0.4, 0.5) is 11.4 Å². The molecule has 0 aliphatic carbocycles. The van der Waals surface area contributed by atoms with Gasteiger partial charge in [0.2, 0.25) is 5.69 Å². The van der Waals surface area contributed by atoms with Crippen molar-refractivity contribution >= 4 is 53.4 Å². The van der Waals surface area contributed by atoms with Gasteiger partial charge in [0.05, 0.1) is 153 Å². The lowest BCUT2D eigenvalue weighted by atomic mass is 9.76. The summed E-state index contributed by atoms with van der Waals surface area (Å²) in [6.07, 6.45) is 15.2. The van der Waals surface area contributed by atoms with Gasteiger partial charge in [-0.25, -0.2) is 0 Å². The fraction of sp³-hybridized carbons (Fsp3) is 0.633. The van der Waals surface area contributed by atoms with Crippen molar-refractivity contribution < 1.29 is 110 Å². The summed E-state index contributed by atoms with van der Waals surface area (Å²) < 4.78 is 172. The molecule has 2 atom stereocenters. The van der Waals surface area contributed by atoms with Crippen LogP contribution in [-0.4, -0.2) is 239 Å². The number of hydrogen-bond acceptors (Lipinski definition) is 20. The van der Waals surface area contributed by atoms with E-state index in [-0.39, 0.29) is 62.2 Å². The molecule has 28 heteroatoms. The van der Waals surface area contributed by atoms with Gasteiger partial charge in [0.15, 0.2) is 5.71 Å². The van der Waals surface area contributed by atoms with E-state index < -0.39 is 52.9 Å². The highest BCUT2D eigenvalue weighted by Gasteiger charge is 2.48. The van der Waals surface area contributed by atoms with Gasteiger partial charge in [-0.3, -0.25) is 18.5 Å². The van der Waals surface area contributed by atoms with Crippen LogP contribution >= 0.6 is 0 Å². The summed E-state index contributed by atoms with van der Waals surface area (Å²) >= 11 is 0. The van der Waals surface area contributed by atoms with Gasteiger partial charge in [-0.1, -0.05) is 36.8 Å². The lowest BCUT2D eigenvalue weighted by Gasteiger charge is -2.30. The second-order valence-electron chi connectivity index (χ2n) is 20.8. The van der Waals surface area contributed by atoms with Crippen molar-refractivity contribution in [2.45, 2.75) is 79.4 Å². The van der Waals surface area contributed by atoms with E-state index in [1.807, 2.05) is 36.7 Å². The van der Waals surface area contributed by atoms with E-state index in [0.29, 0.717) is 173 Å². The highest BCUT2D eigenvalue weighted by molar-refractivity contribution is 7.86. The standard InChI is InChI=1S/C60H92N2O23S3/c1-59(21-25-76-31-33-80-39-41-84-45-43-82-37-35-78-29-27-74-3)52-48-50(87(68,69)70)17-19-54(52)61(23-12-8-11-16-58(63)64)56(59)14-9-6-5-7-10-15-57-60(2,22-26-77-32-34-81-40-42-85-46-44-83-38-36-79-30-28-75-4)53-49-51(88(71,72)73)18-20-55(53)62(57)24-13-47-86(65,66)67/h5-7,9-10,14-15,17-20,48-49H,8,11-13,16,21-47H2,1-4H3,(H3-,63,64,65,66,67,68,69,70,71,72,73)/p+1. The zero-order valence-electron chi connectivity index (χ0n) is 51.3. The normalized spacial score (nSPS) is 17.7. The van der Waals surface area contributed by atoms with Crippen LogP contribution in [0.25, 0.3) is 0 Å². The molecule has 0 spiro atoms. The number of rotatable bonds is 52. The molecule has 4 rings (SSSR count). The number of carboxylic acids is 1. The van der Waals surface area contributed by atoms with E-state index in [2.05, 4.69) is 4.90 Å². The molecular weight excluding hydrogens is 1210 g/mol. The number of fused-ring (bicyclic) bond motifs is 2. The van der Waals surface area contributed by atoms with Crippen molar-refractivity contribution in [2.75, 3.05) is 183 Å². The summed E-state index contributed by atoms with van der Waals surface area (Å²) in [5, 5.41) is 9.29. The first-order valence-electron chi connectivity index (χ1n) is 29.5. The Morgan fingerprint density at radius 2 is 0.932 bits per heavy atom. The molecule has 0 bridgehead atoms. The van der Waals surface area contributed by atoms with E-state index in [1.54, 1.807) is 50.7 Å². The first-order chi connectivity index (χ1) is 42.2. The van der Waals surface area contributed by atoms with Crippen molar-refractivity contribution in [3.05, 3.63) is 95.8 Å². The molecule has 0 saturated carbocycles. The van der Waals surface area contributed by atoms with Crippen LogP contribution in [-0.2, 0) is 103 Å². The number of anilines is 1. The number of carbonyl (C=O) groups is 1. The summed E-state index contributed by atoms with van der Waals surface area (Å²) in [6, 6.07) is 8.73. The molecule has 4 N–H and O–H groups in total. The maximum Gasteiger partial charge on any atom is 0.303 e. The number of methoxy groups -OCH3 is 2. The molecule has 2 unspecified atom stereocenters. The van der Waals surface area contributed by atoms with E-state index in [4.69, 9.17) is 56.8 Å². The largest absolute Gasteiger partial charge is 0.481 e. The Hall–Kier alpha value is -4.41. The van der Waals surface area contributed by atoms with Gasteiger partial charge >= 0.3 is 5.97 Å². The molecule has 0 saturated heterocycles. The molecule has 88 heavy (non-hydrogen) atoms. The van der Waals surface area contributed by atoms with Crippen LogP contribution < -0.4 is 4.90 Å². The third-order valence-corrected chi connectivity index (χ3v) is 16.9. The quantitative estimate of drug-likeness (QED) is 0.0254. The number of hydrogen-bond donors (Lipinski definition) is 4. The van der Waals surface area contributed by atoms with E-state index in [9.17, 15) is 48.8 Å². The third-order valence-electron chi connectivity index (χ3n) is 14.4. The van der Waals surface area contributed by atoms with Crippen molar-refractivity contribution in [1.29, 1.82) is 0 Å². The van der Waals surface area contributed by atoms with Crippen LogP contribution in [0.3, 0.4) is 0 Å². The van der Waals surface area contributed by atoms with Gasteiger partial charge in [-0.15, -0.1) is 0 Å². The van der Waals surface area contributed by atoms with E-state index >= 15 is 0 Å². The average molecular weight is 1310 g/mol. The Labute approximate surface area is 519 Å². The summed E-state index contributed by atoms with van der Waals surface area (Å²) in [5.74, 6) is -1.41. The molecule has 2 aliphatic rings. The Bertz CT molecular complexity index is 2900. The number of nitrogens with zero attached hydrogens (tertiary/aromatic N) is 2. The van der Waals surface area contributed by atoms with Crippen LogP contribution in [0, 0.1) is 0 Å². The predicted octanol–water partition coefficient (Wildman–Crippen LogP) is 6.03. The molecule has 2 aliphatic heterocycles. The van der Waals surface area contributed by atoms with Crippen LogP contribution in [0.2, 0.25) is 0 Å². The van der Waals surface area contributed by atoms with Crippen LogP contribution in [0.5, 0.6) is 0 Å². The van der Waals surface area contributed by atoms with Gasteiger partial charge in [0, 0.05) is 81.3 Å². The Morgan fingerprint density at radius 3 is 1.39 bits per heavy atom. The monoisotopic (exact) mass is 1310 g/mol. The molecule has 0 amide bonds. The average Bonchev–Trinajstić information content (AvgIpc) is 2.02. The second kappa shape index (κ2) is 41.1. The van der Waals surface area contributed by atoms with Crippen molar-refractivity contribution in [3.63, 3.8) is 0 Å². The molecular formula is C60H93N2O23S3+. The summed E-state index contributed by atoms with van der Waals surface area (Å²) in [4.78, 5) is 12.8. The third kappa shape index (κ3) is 27.6. The van der Waals surface area contributed by atoms with Gasteiger partial charge in [-0.05, 0) is 81.5 Å². The number of benzene rings is 2. The molecule has 498 valence electrons. The molecule has 2 heterocycles. The molecule has 0 fully saturated rings. The number of carboxylic acid groups (broad SMARTS) is 1. The summed E-state index contributed by atoms with van der Waals surface area (Å²) in [7, 11) is -10.3. The maximum atomic E-state index is 12.5. The Kier molecular flexibility index (Phi) is 35.6. The molecule has 0 radical (unpaired) electrons. The maximum absolute atomic E-state index is 12.5. The summed E-state index contributed by atoms with van der Waals surface area (Å²) in [5.41, 5.74) is 2.21. The van der Waals surface area contributed by atoms with Crippen LogP contribution in [0.15, 0.2) is 94.4 Å². The highest BCUT2D eigenvalue weighted by atomic mass is 32.2. The molecule has 25 nitrogen and oxygen atoms in total. The van der Waals surface area contributed by atoms with Crippen molar-refractivity contribution in [2.24, 2.45) is 0 Å². The fourth-order valence-electron chi connectivity index (χ4n) is 9.81. The van der Waals surface area contributed by atoms with E-state index in [1.165, 1.54) is 24.3 Å².